The van der Waals surface area contributed by atoms with Gasteiger partial charge in [0.2, 0.25) is 0 Å². The molecule has 1 aliphatic carbocycles. The summed E-state index contributed by atoms with van der Waals surface area (Å²) in [7, 11) is 0. The van der Waals surface area contributed by atoms with Gasteiger partial charge >= 0.3 is 0 Å². The van der Waals surface area contributed by atoms with Gasteiger partial charge in [0.1, 0.15) is 5.82 Å². The molecule has 0 aliphatic heterocycles. The highest BCUT2D eigenvalue weighted by atomic mass is 79.9. The highest BCUT2D eigenvalue weighted by Gasteiger charge is 2.29. The van der Waals surface area contributed by atoms with Crippen LogP contribution in [0.3, 0.4) is 0 Å². The van der Waals surface area contributed by atoms with Crippen molar-refractivity contribution in [1.29, 1.82) is 0 Å². The Morgan fingerprint density at radius 1 is 1.25 bits per heavy atom. The molecule has 1 aromatic carbocycles. The Bertz CT molecular complexity index is 372. The molecule has 0 radical (unpaired) electrons. The van der Waals surface area contributed by atoms with Gasteiger partial charge in [-0.05, 0) is 36.6 Å². The summed E-state index contributed by atoms with van der Waals surface area (Å²) in [5, 5.41) is 10.4. The summed E-state index contributed by atoms with van der Waals surface area (Å²) < 4.78 is 14.0. The van der Waals surface area contributed by atoms with Crippen LogP contribution >= 0.6 is 15.9 Å². The SMILES string of the molecule is OC1(Cc2cc(F)ccc2Br)CCCCC1. The van der Waals surface area contributed by atoms with E-state index < -0.39 is 5.60 Å². The second-order valence-corrected chi connectivity index (χ2v) is 5.55. The molecule has 0 saturated heterocycles. The predicted octanol–water partition coefficient (Wildman–Crippen LogP) is 3.83. The van der Waals surface area contributed by atoms with Crippen LogP contribution in [0, 0.1) is 5.82 Å². The fourth-order valence-electron chi connectivity index (χ4n) is 2.42. The number of benzene rings is 1. The van der Waals surface area contributed by atoms with E-state index in [4.69, 9.17) is 0 Å². The molecular weight excluding hydrogens is 271 g/mol. The van der Waals surface area contributed by atoms with Crippen LogP contribution in [0.5, 0.6) is 0 Å². The molecule has 3 heteroatoms. The fourth-order valence-corrected chi connectivity index (χ4v) is 2.81. The number of hydrogen-bond acceptors (Lipinski definition) is 1. The molecule has 0 amide bonds. The van der Waals surface area contributed by atoms with E-state index in [2.05, 4.69) is 15.9 Å². The Kier molecular flexibility index (Phi) is 3.65. The molecule has 0 aromatic heterocycles. The maximum atomic E-state index is 13.1. The quantitative estimate of drug-likeness (QED) is 0.876. The molecule has 1 aliphatic rings. The number of hydrogen-bond donors (Lipinski definition) is 1. The first-order chi connectivity index (χ1) is 7.59. The van der Waals surface area contributed by atoms with E-state index in [1.807, 2.05) is 0 Å². The molecule has 0 atom stereocenters. The highest BCUT2D eigenvalue weighted by molar-refractivity contribution is 9.10. The minimum absolute atomic E-state index is 0.238. The molecule has 88 valence electrons. The van der Waals surface area contributed by atoms with Gasteiger partial charge in [0.25, 0.3) is 0 Å². The Morgan fingerprint density at radius 2 is 1.94 bits per heavy atom. The second kappa shape index (κ2) is 4.84. The topological polar surface area (TPSA) is 20.2 Å². The second-order valence-electron chi connectivity index (χ2n) is 4.70. The molecule has 0 unspecified atom stereocenters. The third kappa shape index (κ3) is 2.83. The van der Waals surface area contributed by atoms with Crippen molar-refractivity contribution < 1.29 is 9.50 Å². The summed E-state index contributed by atoms with van der Waals surface area (Å²) in [5.74, 6) is -0.238. The van der Waals surface area contributed by atoms with Gasteiger partial charge in [-0.25, -0.2) is 4.39 Å². The smallest absolute Gasteiger partial charge is 0.123 e. The van der Waals surface area contributed by atoms with Crippen LogP contribution in [0.25, 0.3) is 0 Å². The standard InChI is InChI=1S/C13H16BrFO/c14-12-5-4-11(15)8-10(12)9-13(16)6-2-1-3-7-13/h4-5,8,16H,1-3,6-7,9H2. The molecule has 1 aromatic rings. The molecular formula is C13H16BrFO. The third-order valence-corrected chi connectivity index (χ3v) is 4.09. The van der Waals surface area contributed by atoms with E-state index in [0.717, 1.165) is 35.7 Å². The van der Waals surface area contributed by atoms with Gasteiger partial charge in [0.15, 0.2) is 0 Å². The molecule has 0 heterocycles. The highest BCUT2D eigenvalue weighted by Crippen LogP contribution is 2.33. The summed E-state index contributed by atoms with van der Waals surface area (Å²) >= 11 is 3.40. The van der Waals surface area contributed by atoms with Crippen LogP contribution in [0.4, 0.5) is 4.39 Å². The van der Waals surface area contributed by atoms with Gasteiger partial charge in [0.05, 0.1) is 5.60 Å². The molecule has 1 saturated carbocycles. The molecule has 1 fully saturated rings. The molecule has 1 N–H and O–H groups in total. The van der Waals surface area contributed by atoms with Crippen molar-refractivity contribution in [3.63, 3.8) is 0 Å². The van der Waals surface area contributed by atoms with Gasteiger partial charge in [0, 0.05) is 10.9 Å². The zero-order valence-corrected chi connectivity index (χ0v) is 10.8. The Labute approximate surface area is 104 Å². The van der Waals surface area contributed by atoms with Crippen LogP contribution in [-0.2, 0) is 6.42 Å². The summed E-state index contributed by atoms with van der Waals surface area (Å²) in [6.07, 6.45) is 5.55. The van der Waals surface area contributed by atoms with Crippen molar-refractivity contribution in [2.75, 3.05) is 0 Å². The first-order valence-corrected chi connectivity index (χ1v) is 6.55. The van der Waals surface area contributed by atoms with Crippen molar-refractivity contribution in [1.82, 2.24) is 0 Å². The Balaban J connectivity index is 2.15. The molecule has 1 nitrogen and oxygen atoms in total. The maximum absolute atomic E-state index is 13.1. The zero-order chi connectivity index (χ0) is 11.6. The van der Waals surface area contributed by atoms with Crippen LogP contribution in [-0.4, -0.2) is 10.7 Å². The monoisotopic (exact) mass is 286 g/mol. The van der Waals surface area contributed by atoms with Crippen LogP contribution in [0.15, 0.2) is 22.7 Å². The summed E-state index contributed by atoms with van der Waals surface area (Å²) in [4.78, 5) is 0. The molecule has 2 rings (SSSR count). The lowest BCUT2D eigenvalue weighted by atomic mass is 9.80. The normalized spacial score (nSPS) is 19.7. The van der Waals surface area contributed by atoms with E-state index in [1.165, 1.54) is 18.6 Å². The van der Waals surface area contributed by atoms with Gasteiger partial charge in [-0.2, -0.15) is 0 Å². The number of aliphatic hydroxyl groups is 1. The van der Waals surface area contributed by atoms with Crippen molar-refractivity contribution in [3.05, 3.63) is 34.1 Å². The van der Waals surface area contributed by atoms with E-state index in [1.54, 1.807) is 6.07 Å². The molecule has 0 spiro atoms. The first-order valence-electron chi connectivity index (χ1n) is 5.75. The lowest BCUT2D eigenvalue weighted by molar-refractivity contribution is 0.00431. The van der Waals surface area contributed by atoms with Crippen LogP contribution < -0.4 is 0 Å². The lowest BCUT2D eigenvalue weighted by Gasteiger charge is -2.32. The van der Waals surface area contributed by atoms with Crippen molar-refractivity contribution >= 4 is 15.9 Å². The Morgan fingerprint density at radius 3 is 2.62 bits per heavy atom. The summed E-state index contributed by atoms with van der Waals surface area (Å²) in [6.45, 7) is 0. The summed E-state index contributed by atoms with van der Waals surface area (Å²) in [5.41, 5.74) is 0.235. The molecule has 0 bridgehead atoms. The van der Waals surface area contributed by atoms with Crippen LogP contribution in [0.1, 0.15) is 37.7 Å². The van der Waals surface area contributed by atoms with E-state index in [-0.39, 0.29) is 5.82 Å². The first kappa shape index (κ1) is 12.1. The van der Waals surface area contributed by atoms with E-state index in [0.29, 0.717) is 6.42 Å². The zero-order valence-electron chi connectivity index (χ0n) is 9.18. The van der Waals surface area contributed by atoms with Crippen LogP contribution in [0.2, 0.25) is 0 Å². The van der Waals surface area contributed by atoms with Gasteiger partial charge in [-0.3, -0.25) is 0 Å². The lowest BCUT2D eigenvalue weighted by Crippen LogP contribution is -2.33. The minimum atomic E-state index is -0.630. The van der Waals surface area contributed by atoms with E-state index >= 15 is 0 Å². The minimum Gasteiger partial charge on any atom is -0.390 e. The van der Waals surface area contributed by atoms with Crippen molar-refractivity contribution in [3.8, 4) is 0 Å². The predicted molar refractivity (Wildman–Crippen MR) is 65.8 cm³/mol. The van der Waals surface area contributed by atoms with Crippen molar-refractivity contribution in [2.24, 2.45) is 0 Å². The van der Waals surface area contributed by atoms with Gasteiger partial charge in [-0.1, -0.05) is 35.2 Å². The Hall–Kier alpha value is -0.410. The maximum Gasteiger partial charge on any atom is 0.123 e. The van der Waals surface area contributed by atoms with E-state index in [9.17, 15) is 9.50 Å². The molecule has 16 heavy (non-hydrogen) atoms. The van der Waals surface area contributed by atoms with Gasteiger partial charge < -0.3 is 5.11 Å². The fraction of sp³-hybridized carbons (Fsp3) is 0.538. The van der Waals surface area contributed by atoms with Crippen molar-refractivity contribution in [2.45, 2.75) is 44.1 Å². The van der Waals surface area contributed by atoms with Gasteiger partial charge in [-0.15, -0.1) is 0 Å². The number of rotatable bonds is 2. The average molecular weight is 287 g/mol. The number of halogens is 2. The largest absolute Gasteiger partial charge is 0.390 e. The third-order valence-electron chi connectivity index (χ3n) is 3.31. The average Bonchev–Trinajstić information content (AvgIpc) is 2.24. The summed E-state index contributed by atoms with van der Waals surface area (Å²) in [6, 6.07) is 4.64.